The van der Waals surface area contributed by atoms with Gasteiger partial charge in [0.05, 0.1) is 13.7 Å². The van der Waals surface area contributed by atoms with Crippen LogP contribution in [0.5, 0.6) is 11.5 Å². The summed E-state index contributed by atoms with van der Waals surface area (Å²) in [5, 5.41) is 0. The zero-order chi connectivity index (χ0) is 20.8. The molecule has 162 valence electrons. The predicted molar refractivity (Wildman–Crippen MR) is 119 cm³/mol. The highest BCUT2D eigenvalue weighted by molar-refractivity contribution is 5.94. The number of rotatable bonds is 8. The molecular formula is C23H29ClN2O4. The molecule has 3 rings (SSSR count). The fraction of sp³-hybridized carbons (Fsp3) is 0.391. The van der Waals surface area contributed by atoms with Crippen LogP contribution in [0, 0.1) is 0 Å². The van der Waals surface area contributed by atoms with E-state index in [4.69, 9.17) is 15.2 Å². The van der Waals surface area contributed by atoms with Crippen LogP contribution in [0.15, 0.2) is 48.5 Å². The third-order valence-electron chi connectivity index (χ3n) is 5.31. The number of Topliss-reactive ketones (excluding diaryl/α,β-unsaturated/α-hetero) is 1. The van der Waals surface area contributed by atoms with Crippen LogP contribution in [0.1, 0.15) is 41.6 Å². The van der Waals surface area contributed by atoms with Gasteiger partial charge in [-0.25, -0.2) is 0 Å². The normalized spacial score (nSPS) is 17.9. The number of hydrogen-bond donors (Lipinski definition) is 1. The van der Waals surface area contributed by atoms with Gasteiger partial charge in [0.1, 0.15) is 0 Å². The van der Waals surface area contributed by atoms with E-state index >= 15 is 0 Å². The van der Waals surface area contributed by atoms with Gasteiger partial charge in [0.2, 0.25) is 5.91 Å². The minimum Gasteiger partial charge on any atom is -0.493 e. The first-order chi connectivity index (χ1) is 14.0. The number of likely N-dealkylation sites (tertiary alicyclic amines) is 1. The molecule has 0 aromatic heterocycles. The van der Waals surface area contributed by atoms with Crippen LogP contribution in [-0.2, 0) is 4.79 Å². The standard InChI is InChI=1S/C23H28N2O4.ClH/c1-16(26)18-10-11-21(22(13-18)28-2)29-12-6-9-23(27)25-14-19(20(24)15-25)17-7-4-3-5-8-17;/h3-5,7-8,10-11,13,19-20H,6,9,12,14-15,24H2,1-2H3;1H/t19-,20+;/m0./s1. The maximum absolute atomic E-state index is 12.6. The summed E-state index contributed by atoms with van der Waals surface area (Å²) in [6.07, 6.45) is 1.00. The Kier molecular flexibility index (Phi) is 8.69. The van der Waals surface area contributed by atoms with E-state index in [2.05, 4.69) is 12.1 Å². The molecular weight excluding hydrogens is 404 g/mol. The summed E-state index contributed by atoms with van der Waals surface area (Å²) in [6.45, 7) is 3.14. The number of ether oxygens (including phenoxy) is 2. The van der Waals surface area contributed by atoms with Crippen molar-refractivity contribution in [3.8, 4) is 11.5 Å². The highest BCUT2D eigenvalue weighted by Gasteiger charge is 2.33. The van der Waals surface area contributed by atoms with Gasteiger partial charge < -0.3 is 20.1 Å². The molecule has 1 amide bonds. The van der Waals surface area contributed by atoms with E-state index in [1.807, 2.05) is 23.1 Å². The maximum atomic E-state index is 12.6. The average Bonchev–Trinajstić information content (AvgIpc) is 3.13. The van der Waals surface area contributed by atoms with Gasteiger partial charge in [0.15, 0.2) is 17.3 Å². The van der Waals surface area contributed by atoms with Crippen LogP contribution < -0.4 is 15.2 Å². The van der Waals surface area contributed by atoms with Crippen molar-refractivity contribution in [1.29, 1.82) is 0 Å². The van der Waals surface area contributed by atoms with Gasteiger partial charge in [-0.15, -0.1) is 12.4 Å². The molecule has 1 aliphatic rings. The smallest absolute Gasteiger partial charge is 0.222 e. The Balaban J connectivity index is 0.00000320. The first kappa shape index (κ1) is 23.7. The lowest BCUT2D eigenvalue weighted by Gasteiger charge is -2.17. The minimum atomic E-state index is -0.0401. The van der Waals surface area contributed by atoms with Crippen LogP contribution in [0.3, 0.4) is 0 Å². The van der Waals surface area contributed by atoms with Crippen molar-refractivity contribution in [3.05, 3.63) is 59.7 Å². The van der Waals surface area contributed by atoms with Crippen molar-refractivity contribution in [2.24, 2.45) is 5.73 Å². The molecule has 7 heteroatoms. The lowest BCUT2D eigenvalue weighted by atomic mass is 9.95. The second-order valence-corrected chi connectivity index (χ2v) is 7.35. The Morgan fingerprint density at radius 2 is 1.83 bits per heavy atom. The number of methoxy groups -OCH3 is 1. The summed E-state index contributed by atoms with van der Waals surface area (Å²) in [4.78, 5) is 25.9. The third-order valence-corrected chi connectivity index (χ3v) is 5.31. The molecule has 2 atom stereocenters. The van der Waals surface area contributed by atoms with Gasteiger partial charge in [-0.2, -0.15) is 0 Å². The summed E-state index contributed by atoms with van der Waals surface area (Å²) in [7, 11) is 1.54. The van der Waals surface area contributed by atoms with E-state index in [9.17, 15) is 9.59 Å². The topological polar surface area (TPSA) is 81.9 Å². The molecule has 0 bridgehead atoms. The highest BCUT2D eigenvalue weighted by atomic mass is 35.5. The molecule has 30 heavy (non-hydrogen) atoms. The van der Waals surface area contributed by atoms with Crippen LogP contribution in [0.25, 0.3) is 0 Å². The first-order valence-electron chi connectivity index (χ1n) is 9.89. The summed E-state index contributed by atoms with van der Waals surface area (Å²) >= 11 is 0. The number of ketones is 1. The van der Waals surface area contributed by atoms with Crippen molar-refractivity contribution in [3.63, 3.8) is 0 Å². The van der Waals surface area contributed by atoms with E-state index in [1.54, 1.807) is 18.2 Å². The monoisotopic (exact) mass is 432 g/mol. The number of nitrogens with zero attached hydrogens (tertiary/aromatic N) is 1. The number of halogens is 1. The van der Waals surface area contributed by atoms with Gasteiger partial charge in [-0.3, -0.25) is 9.59 Å². The largest absolute Gasteiger partial charge is 0.493 e. The maximum Gasteiger partial charge on any atom is 0.222 e. The van der Waals surface area contributed by atoms with Crippen LogP contribution >= 0.6 is 12.4 Å². The Morgan fingerprint density at radius 1 is 1.10 bits per heavy atom. The zero-order valence-corrected chi connectivity index (χ0v) is 18.2. The molecule has 2 aromatic carbocycles. The van der Waals surface area contributed by atoms with Crippen molar-refractivity contribution in [2.45, 2.75) is 31.7 Å². The molecule has 1 heterocycles. The van der Waals surface area contributed by atoms with Crippen molar-refractivity contribution in [1.82, 2.24) is 4.90 Å². The molecule has 6 nitrogen and oxygen atoms in total. The van der Waals surface area contributed by atoms with Crippen molar-refractivity contribution < 1.29 is 19.1 Å². The number of nitrogens with two attached hydrogens (primary N) is 1. The van der Waals surface area contributed by atoms with E-state index in [-0.39, 0.29) is 36.1 Å². The Morgan fingerprint density at radius 3 is 2.50 bits per heavy atom. The molecule has 2 aromatic rings. The number of benzene rings is 2. The first-order valence-corrected chi connectivity index (χ1v) is 9.89. The summed E-state index contributed by atoms with van der Waals surface area (Å²) in [5.74, 6) is 1.33. The van der Waals surface area contributed by atoms with Gasteiger partial charge in [0.25, 0.3) is 0 Å². The van der Waals surface area contributed by atoms with Crippen LogP contribution in [0.2, 0.25) is 0 Å². The average molecular weight is 433 g/mol. The van der Waals surface area contributed by atoms with Gasteiger partial charge in [-0.05, 0) is 37.1 Å². The molecule has 0 spiro atoms. The predicted octanol–water partition coefficient (Wildman–Crippen LogP) is 3.43. The van der Waals surface area contributed by atoms with E-state index in [0.717, 1.165) is 0 Å². The van der Waals surface area contributed by atoms with Crippen LogP contribution in [-0.4, -0.2) is 49.4 Å². The van der Waals surface area contributed by atoms with Gasteiger partial charge in [0, 0.05) is 37.0 Å². The van der Waals surface area contributed by atoms with Crippen molar-refractivity contribution in [2.75, 3.05) is 26.8 Å². The molecule has 1 saturated heterocycles. The van der Waals surface area contributed by atoms with Gasteiger partial charge in [-0.1, -0.05) is 30.3 Å². The molecule has 0 unspecified atom stereocenters. The molecule has 0 radical (unpaired) electrons. The Hall–Kier alpha value is -2.57. The van der Waals surface area contributed by atoms with Crippen LogP contribution in [0.4, 0.5) is 0 Å². The fourth-order valence-electron chi connectivity index (χ4n) is 3.66. The minimum absolute atomic E-state index is 0. The van der Waals surface area contributed by atoms with Gasteiger partial charge >= 0.3 is 0 Å². The number of carbonyl (C=O) groups is 2. The molecule has 2 N–H and O–H groups in total. The van der Waals surface area contributed by atoms with E-state index in [1.165, 1.54) is 19.6 Å². The molecule has 0 saturated carbocycles. The fourth-order valence-corrected chi connectivity index (χ4v) is 3.66. The number of amides is 1. The second kappa shape index (κ2) is 11.0. The molecule has 1 aliphatic heterocycles. The third kappa shape index (κ3) is 5.74. The second-order valence-electron chi connectivity index (χ2n) is 7.35. The highest BCUT2D eigenvalue weighted by Crippen LogP contribution is 2.29. The summed E-state index contributed by atoms with van der Waals surface area (Å²) in [5.41, 5.74) is 8.03. The number of hydrogen-bond acceptors (Lipinski definition) is 5. The van der Waals surface area contributed by atoms with E-state index in [0.29, 0.717) is 49.6 Å². The SMILES string of the molecule is COc1cc(C(C)=O)ccc1OCCCC(=O)N1C[C@@H](N)[C@H](c2ccccc2)C1.Cl. The summed E-state index contributed by atoms with van der Waals surface area (Å²) in [6, 6.07) is 15.2. The lowest BCUT2D eigenvalue weighted by molar-refractivity contribution is -0.130. The quantitative estimate of drug-likeness (QED) is 0.510. The van der Waals surface area contributed by atoms with E-state index < -0.39 is 0 Å². The van der Waals surface area contributed by atoms with Crippen molar-refractivity contribution >= 4 is 24.1 Å². The lowest BCUT2D eigenvalue weighted by Crippen LogP contribution is -2.32. The molecule has 0 aliphatic carbocycles. The summed E-state index contributed by atoms with van der Waals surface area (Å²) < 4.78 is 11.1. The molecule has 1 fully saturated rings. The zero-order valence-electron chi connectivity index (χ0n) is 17.4. The number of carbonyl (C=O) groups excluding carboxylic acids is 2. The Bertz CT molecular complexity index is 860. The Labute approximate surface area is 183 Å².